The first-order chi connectivity index (χ1) is 13.8. The molecule has 0 heterocycles. The summed E-state index contributed by atoms with van der Waals surface area (Å²) in [6.07, 6.45) is 1.44. The van der Waals surface area contributed by atoms with Gasteiger partial charge in [-0.3, -0.25) is 4.79 Å². The Morgan fingerprint density at radius 2 is 1.93 bits per heavy atom. The number of fused-ring (bicyclic) bond motifs is 1. The molecule has 0 spiro atoms. The van der Waals surface area contributed by atoms with E-state index in [1.165, 1.54) is 4.90 Å². The molecule has 0 aliphatic heterocycles. The lowest BCUT2D eigenvalue weighted by molar-refractivity contribution is -0.120. The summed E-state index contributed by atoms with van der Waals surface area (Å²) in [6, 6.07) is 11.4. The fraction of sp³-hybridized carbons (Fsp3) is 0.364. The topological polar surface area (TPSA) is 69.6 Å². The van der Waals surface area contributed by atoms with Crippen molar-refractivity contribution in [2.75, 3.05) is 14.1 Å². The Balaban J connectivity index is 2.07. The average Bonchev–Trinajstić information content (AvgIpc) is 2.72. The highest BCUT2D eigenvalue weighted by molar-refractivity contribution is 6.42. The highest BCUT2D eigenvalue weighted by atomic mass is 35.5. The number of carbonyl (C=O) groups is 2. The molecule has 0 bridgehead atoms. The minimum atomic E-state index is -0.963. The van der Waals surface area contributed by atoms with Crippen molar-refractivity contribution in [3.05, 3.63) is 68.7 Å². The number of nitrogens with one attached hydrogen (secondary N) is 1. The van der Waals surface area contributed by atoms with Crippen molar-refractivity contribution in [1.29, 1.82) is 0 Å². The van der Waals surface area contributed by atoms with Gasteiger partial charge in [-0.05, 0) is 53.6 Å². The summed E-state index contributed by atoms with van der Waals surface area (Å²) in [5, 5.41) is 13.2. The predicted octanol–water partition coefficient (Wildman–Crippen LogP) is 5.25. The second kappa shape index (κ2) is 9.06. The number of rotatable bonds is 5. The van der Waals surface area contributed by atoms with Crippen LogP contribution in [0.2, 0.25) is 10.0 Å². The molecular weight excluding hydrogens is 411 g/mol. The van der Waals surface area contributed by atoms with Crippen molar-refractivity contribution in [2.24, 2.45) is 0 Å². The first-order valence-corrected chi connectivity index (χ1v) is 10.3. The van der Waals surface area contributed by atoms with Gasteiger partial charge in [0.15, 0.2) is 0 Å². The molecule has 2 aromatic carbocycles. The molecule has 5 nitrogen and oxygen atoms in total. The van der Waals surface area contributed by atoms with Crippen molar-refractivity contribution >= 4 is 35.2 Å². The van der Waals surface area contributed by atoms with Gasteiger partial charge >= 0.3 is 6.09 Å². The summed E-state index contributed by atoms with van der Waals surface area (Å²) in [5.74, 6) is 0.0562. The Labute approximate surface area is 180 Å². The number of carbonyl (C=O) groups excluding carboxylic acids is 1. The standard InChI is InChI=1S/C22H24Cl2N2O3/c1-25-20(27)11-7-13-4-3-5-16-15(14-6-9-17(23)18(24)12-14)8-10-19(21(13)16)26(2)22(28)29/h3-6,9,12,15,19H,7-8,10-11H2,1-2H3,(H,25,27)(H,28,29)/t15-,19-/m0/s1. The van der Waals surface area contributed by atoms with E-state index < -0.39 is 6.09 Å². The fourth-order valence-corrected chi connectivity index (χ4v) is 4.46. The van der Waals surface area contributed by atoms with Crippen LogP contribution in [0.5, 0.6) is 0 Å². The van der Waals surface area contributed by atoms with E-state index in [0.29, 0.717) is 29.3 Å². The third-order valence-electron chi connectivity index (χ3n) is 5.68. The molecule has 2 aromatic rings. The van der Waals surface area contributed by atoms with Crippen LogP contribution >= 0.6 is 23.2 Å². The number of hydrogen-bond acceptors (Lipinski definition) is 2. The molecule has 0 aromatic heterocycles. The average molecular weight is 435 g/mol. The third-order valence-corrected chi connectivity index (χ3v) is 6.42. The van der Waals surface area contributed by atoms with Gasteiger partial charge in [-0.15, -0.1) is 0 Å². The quantitative estimate of drug-likeness (QED) is 0.674. The molecule has 0 saturated carbocycles. The van der Waals surface area contributed by atoms with E-state index in [1.54, 1.807) is 20.2 Å². The van der Waals surface area contributed by atoms with Gasteiger partial charge in [0.05, 0.1) is 16.1 Å². The Morgan fingerprint density at radius 1 is 1.17 bits per heavy atom. The summed E-state index contributed by atoms with van der Waals surface area (Å²) < 4.78 is 0. The van der Waals surface area contributed by atoms with Crippen LogP contribution in [0.25, 0.3) is 0 Å². The zero-order chi connectivity index (χ0) is 21.1. The Morgan fingerprint density at radius 3 is 2.59 bits per heavy atom. The lowest BCUT2D eigenvalue weighted by Crippen LogP contribution is -2.34. The van der Waals surface area contributed by atoms with Crippen LogP contribution in [0.3, 0.4) is 0 Å². The molecule has 1 aliphatic rings. The fourth-order valence-electron chi connectivity index (χ4n) is 4.15. The van der Waals surface area contributed by atoms with E-state index in [-0.39, 0.29) is 17.9 Å². The van der Waals surface area contributed by atoms with E-state index in [4.69, 9.17) is 23.2 Å². The van der Waals surface area contributed by atoms with Crippen molar-refractivity contribution in [3.63, 3.8) is 0 Å². The van der Waals surface area contributed by atoms with Gasteiger partial charge in [0.2, 0.25) is 5.91 Å². The Hall–Kier alpha value is -2.24. The van der Waals surface area contributed by atoms with Gasteiger partial charge in [0.1, 0.15) is 0 Å². The lowest BCUT2D eigenvalue weighted by Gasteiger charge is -2.37. The Kier molecular flexibility index (Phi) is 6.70. The van der Waals surface area contributed by atoms with Crippen LogP contribution in [-0.2, 0) is 11.2 Å². The number of halogens is 2. The van der Waals surface area contributed by atoms with Crippen molar-refractivity contribution < 1.29 is 14.7 Å². The minimum absolute atomic E-state index is 0.0393. The largest absolute Gasteiger partial charge is 0.465 e. The second-order valence-corrected chi connectivity index (χ2v) is 8.12. The zero-order valence-electron chi connectivity index (χ0n) is 16.4. The summed E-state index contributed by atoms with van der Waals surface area (Å²) >= 11 is 12.3. The SMILES string of the molecule is CNC(=O)CCc1cccc2c1[C@@H](N(C)C(=O)O)CC[C@H]2c1ccc(Cl)c(Cl)c1. The third kappa shape index (κ3) is 4.51. The molecule has 0 radical (unpaired) electrons. The molecule has 29 heavy (non-hydrogen) atoms. The molecule has 2 N–H and O–H groups in total. The van der Waals surface area contributed by atoms with Gasteiger partial charge in [-0.25, -0.2) is 4.79 Å². The van der Waals surface area contributed by atoms with Gasteiger partial charge in [-0.2, -0.15) is 0 Å². The normalized spacial score (nSPS) is 18.1. The first kappa shape index (κ1) is 21.5. The molecule has 0 saturated heterocycles. The number of hydrogen-bond donors (Lipinski definition) is 2. The maximum Gasteiger partial charge on any atom is 0.407 e. The maximum atomic E-state index is 11.8. The van der Waals surface area contributed by atoms with Crippen LogP contribution in [0.1, 0.15) is 53.5 Å². The molecule has 2 atom stereocenters. The molecule has 154 valence electrons. The van der Waals surface area contributed by atoms with Gasteiger partial charge < -0.3 is 15.3 Å². The maximum absolute atomic E-state index is 11.8. The van der Waals surface area contributed by atoms with Gasteiger partial charge in [0, 0.05) is 26.4 Å². The van der Waals surface area contributed by atoms with Gasteiger partial charge in [-0.1, -0.05) is 47.5 Å². The van der Waals surface area contributed by atoms with E-state index in [2.05, 4.69) is 5.32 Å². The number of amides is 2. The van der Waals surface area contributed by atoms with Crippen LogP contribution in [0.15, 0.2) is 36.4 Å². The van der Waals surface area contributed by atoms with Crippen LogP contribution in [0.4, 0.5) is 4.79 Å². The van der Waals surface area contributed by atoms with E-state index in [0.717, 1.165) is 28.7 Å². The van der Waals surface area contributed by atoms with Crippen molar-refractivity contribution in [1.82, 2.24) is 10.2 Å². The highest BCUT2D eigenvalue weighted by Gasteiger charge is 2.34. The molecule has 7 heteroatoms. The van der Waals surface area contributed by atoms with E-state index >= 15 is 0 Å². The summed E-state index contributed by atoms with van der Waals surface area (Å²) in [5.41, 5.74) is 4.15. The summed E-state index contributed by atoms with van der Waals surface area (Å²) in [7, 11) is 3.22. The number of carboxylic acid groups (broad SMARTS) is 1. The number of nitrogens with zero attached hydrogens (tertiary/aromatic N) is 1. The summed E-state index contributed by atoms with van der Waals surface area (Å²) in [4.78, 5) is 24.9. The van der Waals surface area contributed by atoms with Crippen molar-refractivity contribution in [3.8, 4) is 0 Å². The van der Waals surface area contributed by atoms with E-state index in [9.17, 15) is 14.7 Å². The monoisotopic (exact) mass is 434 g/mol. The van der Waals surface area contributed by atoms with Crippen LogP contribution in [0, 0.1) is 0 Å². The lowest BCUT2D eigenvalue weighted by atomic mass is 9.74. The van der Waals surface area contributed by atoms with Crippen molar-refractivity contribution in [2.45, 2.75) is 37.6 Å². The molecule has 0 unspecified atom stereocenters. The first-order valence-electron chi connectivity index (χ1n) is 9.56. The smallest absolute Gasteiger partial charge is 0.407 e. The number of aryl methyl sites for hydroxylation is 1. The molecular formula is C22H24Cl2N2O3. The number of benzene rings is 2. The van der Waals surface area contributed by atoms with Crippen LogP contribution in [-0.4, -0.2) is 36.1 Å². The molecule has 0 fully saturated rings. The predicted molar refractivity (Wildman–Crippen MR) is 115 cm³/mol. The van der Waals surface area contributed by atoms with Gasteiger partial charge in [0.25, 0.3) is 0 Å². The minimum Gasteiger partial charge on any atom is -0.465 e. The summed E-state index contributed by atoms with van der Waals surface area (Å²) in [6.45, 7) is 0. The zero-order valence-corrected chi connectivity index (χ0v) is 17.9. The van der Waals surface area contributed by atoms with E-state index in [1.807, 2.05) is 30.3 Å². The van der Waals surface area contributed by atoms with Crippen LogP contribution < -0.4 is 5.32 Å². The highest BCUT2D eigenvalue weighted by Crippen LogP contribution is 2.45. The molecule has 3 rings (SSSR count). The Bertz CT molecular complexity index is 932. The second-order valence-electron chi connectivity index (χ2n) is 7.31. The molecule has 2 amide bonds. The molecule has 1 aliphatic carbocycles.